The Morgan fingerprint density at radius 2 is 1.73 bits per heavy atom. The van der Waals surface area contributed by atoms with Gasteiger partial charge in [0.1, 0.15) is 0 Å². The molecule has 0 atom stereocenters. The highest BCUT2D eigenvalue weighted by atomic mass is 32.2. The predicted octanol–water partition coefficient (Wildman–Crippen LogP) is 4.32. The zero-order valence-electron chi connectivity index (χ0n) is 18.3. The summed E-state index contributed by atoms with van der Waals surface area (Å²) in [7, 11) is -3.59. The molecular weight excluding hydrogens is 458 g/mol. The molecule has 1 saturated heterocycles. The topological polar surface area (TPSA) is 83.7 Å². The number of furan rings is 1. The maximum absolute atomic E-state index is 13.0. The van der Waals surface area contributed by atoms with Crippen LogP contribution in [0.25, 0.3) is 21.0 Å². The SMILES string of the molecule is Cc1ccc(S(=O)(=O)N2CCN(C(=O)c3ccc(-c4nc5ccccc5s4)o3)CC2)cc1C. The van der Waals surface area contributed by atoms with Crippen LogP contribution >= 0.6 is 11.3 Å². The molecule has 0 bridgehead atoms. The lowest BCUT2D eigenvalue weighted by atomic mass is 10.1. The first kappa shape index (κ1) is 21.8. The smallest absolute Gasteiger partial charge is 0.289 e. The standard InChI is InChI=1S/C24H23N3O4S2/c1-16-7-8-18(15-17(16)2)33(29,30)27-13-11-26(12-14-27)24(28)21-10-9-20(31-21)23-25-19-5-3-4-6-22(19)32-23/h3-10,15H,11-14H2,1-2H3. The Morgan fingerprint density at radius 3 is 2.45 bits per heavy atom. The molecule has 0 aliphatic carbocycles. The first-order chi connectivity index (χ1) is 15.8. The molecule has 33 heavy (non-hydrogen) atoms. The summed E-state index contributed by atoms with van der Waals surface area (Å²) in [4.78, 5) is 19.5. The van der Waals surface area contributed by atoms with Gasteiger partial charge in [-0.05, 0) is 61.4 Å². The monoisotopic (exact) mass is 481 g/mol. The summed E-state index contributed by atoms with van der Waals surface area (Å²) in [6.07, 6.45) is 0. The molecule has 2 aromatic carbocycles. The number of para-hydroxylation sites is 1. The van der Waals surface area contributed by atoms with Crippen LogP contribution in [0.15, 0.2) is 63.9 Å². The van der Waals surface area contributed by atoms with Gasteiger partial charge in [0.15, 0.2) is 16.5 Å². The second kappa shape index (κ2) is 8.40. The number of carbonyl (C=O) groups excluding carboxylic acids is 1. The Hall–Kier alpha value is -3.01. The molecule has 0 N–H and O–H groups in total. The zero-order chi connectivity index (χ0) is 23.2. The highest BCUT2D eigenvalue weighted by molar-refractivity contribution is 7.89. The molecule has 1 aliphatic rings. The van der Waals surface area contributed by atoms with Gasteiger partial charge in [0, 0.05) is 26.2 Å². The molecule has 9 heteroatoms. The first-order valence-electron chi connectivity index (χ1n) is 10.7. The van der Waals surface area contributed by atoms with Gasteiger partial charge in [0.2, 0.25) is 10.0 Å². The molecule has 5 rings (SSSR count). The van der Waals surface area contributed by atoms with Crippen LogP contribution in [0.1, 0.15) is 21.7 Å². The molecule has 0 spiro atoms. The molecule has 7 nitrogen and oxygen atoms in total. The Labute approximate surface area is 196 Å². The van der Waals surface area contributed by atoms with Crippen molar-refractivity contribution in [1.29, 1.82) is 0 Å². The Morgan fingerprint density at radius 1 is 0.970 bits per heavy atom. The van der Waals surface area contributed by atoms with E-state index >= 15 is 0 Å². The van der Waals surface area contributed by atoms with Gasteiger partial charge in [-0.25, -0.2) is 13.4 Å². The van der Waals surface area contributed by atoms with Crippen molar-refractivity contribution in [2.24, 2.45) is 0 Å². The number of nitrogens with zero attached hydrogens (tertiary/aromatic N) is 3. The minimum atomic E-state index is -3.59. The number of hydrogen-bond acceptors (Lipinski definition) is 6. The molecule has 0 saturated carbocycles. The highest BCUT2D eigenvalue weighted by Gasteiger charge is 2.31. The molecule has 0 radical (unpaired) electrons. The molecule has 2 aromatic heterocycles. The Bertz CT molecular complexity index is 1410. The van der Waals surface area contributed by atoms with Crippen molar-refractivity contribution in [3.63, 3.8) is 0 Å². The van der Waals surface area contributed by atoms with Crippen LogP contribution < -0.4 is 0 Å². The third kappa shape index (κ3) is 4.07. The van der Waals surface area contributed by atoms with E-state index in [4.69, 9.17) is 4.42 Å². The molecule has 4 aromatic rings. The van der Waals surface area contributed by atoms with Crippen LogP contribution in [-0.4, -0.2) is 54.7 Å². The van der Waals surface area contributed by atoms with Crippen molar-refractivity contribution >= 4 is 37.5 Å². The molecule has 3 heterocycles. The number of amides is 1. The largest absolute Gasteiger partial charge is 0.448 e. The Kier molecular flexibility index (Phi) is 5.55. The van der Waals surface area contributed by atoms with E-state index in [2.05, 4.69) is 4.98 Å². The maximum Gasteiger partial charge on any atom is 0.289 e. The van der Waals surface area contributed by atoms with Crippen molar-refractivity contribution in [1.82, 2.24) is 14.2 Å². The summed E-state index contributed by atoms with van der Waals surface area (Å²) < 4.78 is 34.4. The number of fused-ring (bicyclic) bond motifs is 1. The summed E-state index contributed by atoms with van der Waals surface area (Å²) in [5.74, 6) is 0.538. The molecule has 1 amide bonds. The number of carbonyl (C=O) groups is 1. The van der Waals surface area contributed by atoms with Crippen molar-refractivity contribution in [2.75, 3.05) is 26.2 Å². The van der Waals surface area contributed by atoms with Gasteiger partial charge in [-0.3, -0.25) is 4.79 Å². The van der Waals surface area contributed by atoms with Gasteiger partial charge >= 0.3 is 0 Å². The lowest BCUT2D eigenvalue weighted by Crippen LogP contribution is -2.50. The fraction of sp³-hybridized carbons (Fsp3) is 0.250. The minimum absolute atomic E-state index is 0.231. The number of aryl methyl sites for hydroxylation is 2. The Balaban J connectivity index is 1.27. The molecular formula is C24H23N3O4S2. The highest BCUT2D eigenvalue weighted by Crippen LogP contribution is 2.31. The molecule has 1 aliphatic heterocycles. The van der Waals surface area contributed by atoms with Crippen LogP contribution in [0, 0.1) is 13.8 Å². The summed E-state index contributed by atoms with van der Waals surface area (Å²) >= 11 is 1.51. The normalized spacial score (nSPS) is 15.3. The number of hydrogen-bond donors (Lipinski definition) is 0. The van der Waals surface area contributed by atoms with E-state index in [1.165, 1.54) is 15.6 Å². The van der Waals surface area contributed by atoms with Crippen molar-refractivity contribution in [2.45, 2.75) is 18.7 Å². The third-order valence-corrected chi connectivity index (χ3v) is 8.91. The van der Waals surface area contributed by atoms with E-state index in [9.17, 15) is 13.2 Å². The van der Waals surface area contributed by atoms with E-state index in [0.29, 0.717) is 18.8 Å². The average Bonchev–Trinajstić information content (AvgIpc) is 3.47. The van der Waals surface area contributed by atoms with Gasteiger partial charge in [-0.1, -0.05) is 18.2 Å². The lowest BCUT2D eigenvalue weighted by molar-refractivity contribution is 0.0667. The number of piperazine rings is 1. The molecule has 0 unspecified atom stereocenters. The van der Waals surface area contributed by atoms with Crippen molar-refractivity contribution in [3.8, 4) is 10.8 Å². The first-order valence-corrected chi connectivity index (χ1v) is 12.9. The number of aromatic nitrogens is 1. The van der Waals surface area contributed by atoms with Crippen LogP contribution in [0.4, 0.5) is 0 Å². The third-order valence-electron chi connectivity index (χ3n) is 5.96. The van der Waals surface area contributed by atoms with E-state index in [0.717, 1.165) is 26.4 Å². The second-order valence-electron chi connectivity index (χ2n) is 8.09. The summed E-state index contributed by atoms with van der Waals surface area (Å²) in [5.41, 5.74) is 2.88. The van der Waals surface area contributed by atoms with E-state index < -0.39 is 10.0 Å². The second-order valence-corrected chi connectivity index (χ2v) is 11.1. The van der Waals surface area contributed by atoms with Crippen LogP contribution in [0.5, 0.6) is 0 Å². The van der Waals surface area contributed by atoms with E-state index in [1.54, 1.807) is 29.2 Å². The summed E-state index contributed by atoms with van der Waals surface area (Å²) in [5, 5.41) is 0.722. The van der Waals surface area contributed by atoms with Gasteiger partial charge in [0.05, 0.1) is 15.1 Å². The quantitative estimate of drug-likeness (QED) is 0.434. The summed E-state index contributed by atoms with van der Waals surface area (Å²) in [6.45, 7) is 4.95. The lowest BCUT2D eigenvalue weighted by Gasteiger charge is -2.33. The fourth-order valence-electron chi connectivity index (χ4n) is 3.86. The molecule has 170 valence electrons. The van der Waals surface area contributed by atoms with E-state index in [1.807, 2.05) is 44.2 Å². The van der Waals surface area contributed by atoms with Gasteiger partial charge in [0.25, 0.3) is 5.91 Å². The van der Waals surface area contributed by atoms with Gasteiger partial charge < -0.3 is 9.32 Å². The number of rotatable bonds is 4. The van der Waals surface area contributed by atoms with Gasteiger partial charge in [-0.15, -0.1) is 11.3 Å². The summed E-state index contributed by atoms with van der Waals surface area (Å²) in [6, 6.07) is 16.4. The van der Waals surface area contributed by atoms with Gasteiger partial charge in [-0.2, -0.15) is 4.31 Å². The zero-order valence-corrected chi connectivity index (χ0v) is 19.9. The minimum Gasteiger partial charge on any atom is -0.448 e. The van der Waals surface area contributed by atoms with Crippen LogP contribution in [-0.2, 0) is 10.0 Å². The van der Waals surface area contributed by atoms with Crippen molar-refractivity contribution in [3.05, 3.63) is 71.5 Å². The molecule has 1 fully saturated rings. The van der Waals surface area contributed by atoms with Crippen LogP contribution in [0.2, 0.25) is 0 Å². The van der Waals surface area contributed by atoms with E-state index in [-0.39, 0.29) is 29.7 Å². The van der Waals surface area contributed by atoms with Crippen molar-refractivity contribution < 1.29 is 17.6 Å². The fourth-order valence-corrected chi connectivity index (χ4v) is 6.29. The number of sulfonamides is 1. The average molecular weight is 482 g/mol. The van der Waals surface area contributed by atoms with Crippen LogP contribution in [0.3, 0.4) is 0 Å². The predicted molar refractivity (Wildman–Crippen MR) is 128 cm³/mol. The maximum atomic E-state index is 13.0. The number of thiazole rings is 1. The number of benzene rings is 2.